The Kier molecular flexibility index (Phi) is 9.78. The monoisotopic (exact) mass is 569 g/mol. The van der Waals surface area contributed by atoms with Gasteiger partial charge in [-0.05, 0) is 63.3 Å². The Morgan fingerprint density at radius 3 is 2.67 bits per heavy atom. The molecule has 0 saturated carbocycles. The second kappa shape index (κ2) is 13.1. The molecule has 0 spiro atoms. The highest BCUT2D eigenvalue weighted by molar-refractivity contribution is 7.89. The van der Waals surface area contributed by atoms with Crippen LogP contribution >= 0.6 is 0 Å². The van der Waals surface area contributed by atoms with Gasteiger partial charge in [0.15, 0.2) is 0 Å². The van der Waals surface area contributed by atoms with Gasteiger partial charge in [-0.2, -0.15) is 4.31 Å². The van der Waals surface area contributed by atoms with Gasteiger partial charge in [0.2, 0.25) is 10.0 Å². The lowest BCUT2D eigenvalue weighted by molar-refractivity contribution is -0.116. The van der Waals surface area contributed by atoms with Gasteiger partial charge in [-0.15, -0.1) is 0 Å². The standard InChI is InChI=1S/C30H39N3O6S/c1-30(2)16-8-15-26(32-30)29(35)31-27(18-22-10-5-4-6-11-22)28(34)21-33(20-24-13-9-17-39-24)40(36,37)25-14-7-12-23(19-25)38-3/h4-8,10-12,14-15,19,24,27-28,34H,9,13,16-18,20-21H2,1-3H3,(H,31,35). The maximum absolute atomic E-state index is 13.8. The van der Waals surface area contributed by atoms with Crippen LogP contribution in [0.4, 0.5) is 0 Å². The molecule has 2 heterocycles. The van der Waals surface area contributed by atoms with Crippen molar-refractivity contribution < 1.29 is 27.8 Å². The molecule has 1 saturated heterocycles. The maximum Gasteiger partial charge on any atom is 0.269 e. The van der Waals surface area contributed by atoms with Crippen LogP contribution < -0.4 is 10.1 Å². The topological polar surface area (TPSA) is 118 Å². The fourth-order valence-corrected chi connectivity index (χ4v) is 6.45. The molecule has 1 fully saturated rings. The van der Waals surface area contributed by atoms with Crippen molar-refractivity contribution in [2.45, 2.75) is 68.2 Å². The molecule has 3 atom stereocenters. The molecular formula is C30H39N3O6S. The Balaban J connectivity index is 1.61. The highest BCUT2D eigenvalue weighted by Crippen LogP contribution is 2.24. The van der Waals surface area contributed by atoms with Crippen molar-refractivity contribution in [1.29, 1.82) is 0 Å². The number of carbonyl (C=O) groups is 1. The molecule has 2 aromatic carbocycles. The van der Waals surface area contributed by atoms with Crippen molar-refractivity contribution in [1.82, 2.24) is 9.62 Å². The van der Waals surface area contributed by atoms with Gasteiger partial charge in [-0.1, -0.05) is 42.5 Å². The number of methoxy groups -OCH3 is 1. The van der Waals surface area contributed by atoms with E-state index in [1.54, 1.807) is 18.2 Å². The van der Waals surface area contributed by atoms with Gasteiger partial charge in [-0.25, -0.2) is 8.42 Å². The summed E-state index contributed by atoms with van der Waals surface area (Å²) in [6.45, 7) is 4.33. The summed E-state index contributed by atoms with van der Waals surface area (Å²) in [4.78, 5) is 17.9. The van der Waals surface area contributed by atoms with Crippen LogP contribution in [0.25, 0.3) is 0 Å². The van der Waals surface area contributed by atoms with Gasteiger partial charge in [0, 0.05) is 25.8 Å². The molecule has 0 aromatic heterocycles. The summed E-state index contributed by atoms with van der Waals surface area (Å²) in [5.74, 6) is 0.00229. The van der Waals surface area contributed by atoms with E-state index in [9.17, 15) is 18.3 Å². The Labute approximate surface area is 237 Å². The van der Waals surface area contributed by atoms with E-state index in [0.29, 0.717) is 18.8 Å². The lowest BCUT2D eigenvalue weighted by Gasteiger charge is -2.31. The molecule has 216 valence electrons. The molecule has 0 bridgehead atoms. The Morgan fingerprint density at radius 2 is 2.00 bits per heavy atom. The molecule has 1 amide bonds. The number of dihydropyridines is 1. The molecule has 40 heavy (non-hydrogen) atoms. The third kappa shape index (κ3) is 7.78. The SMILES string of the molecule is COc1cccc(S(=O)(=O)N(CC2CCCO2)CC(O)C(Cc2ccccc2)NC(=O)C2=NC(C)(C)CC=C2)c1. The first-order chi connectivity index (χ1) is 19.1. The van der Waals surface area contributed by atoms with E-state index in [-0.39, 0.29) is 29.8 Å². The van der Waals surface area contributed by atoms with E-state index in [4.69, 9.17) is 9.47 Å². The van der Waals surface area contributed by atoms with Gasteiger partial charge in [0.25, 0.3) is 5.91 Å². The Hall–Kier alpha value is -3.05. The predicted octanol–water partition coefficient (Wildman–Crippen LogP) is 3.13. The van der Waals surface area contributed by atoms with Crippen molar-refractivity contribution in [3.05, 3.63) is 72.3 Å². The number of aliphatic hydroxyl groups excluding tert-OH is 1. The maximum atomic E-state index is 13.8. The van der Waals surface area contributed by atoms with Crippen molar-refractivity contribution in [3.8, 4) is 5.75 Å². The fourth-order valence-electron chi connectivity index (χ4n) is 4.92. The first-order valence-electron chi connectivity index (χ1n) is 13.6. The second-order valence-corrected chi connectivity index (χ2v) is 12.8. The van der Waals surface area contributed by atoms with Crippen molar-refractivity contribution in [3.63, 3.8) is 0 Å². The fraction of sp³-hybridized carbons (Fsp3) is 0.467. The molecular weight excluding hydrogens is 530 g/mol. The van der Waals surface area contributed by atoms with Crippen LogP contribution in [0.1, 0.15) is 38.7 Å². The van der Waals surface area contributed by atoms with Gasteiger partial charge >= 0.3 is 0 Å². The minimum Gasteiger partial charge on any atom is -0.497 e. The molecule has 0 radical (unpaired) electrons. The largest absolute Gasteiger partial charge is 0.497 e. The van der Waals surface area contributed by atoms with Crippen LogP contribution in [0.2, 0.25) is 0 Å². The quantitative estimate of drug-likeness (QED) is 0.406. The van der Waals surface area contributed by atoms with E-state index in [1.807, 2.05) is 50.3 Å². The molecule has 2 N–H and O–H groups in total. The molecule has 10 heteroatoms. The van der Waals surface area contributed by atoms with Gasteiger partial charge in [0.05, 0.1) is 35.8 Å². The summed E-state index contributed by atoms with van der Waals surface area (Å²) in [5, 5.41) is 14.5. The van der Waals surface area contributed by atoms with Gasteiger partial charge in [-0.3, -0.25) is 9.79 Å². The van der Waals surface area contributed by atoms with Crippen LogP contribution in [-0.2, 0) is 26.0 Å². The van der Waals surface area contributed by atoms with Crippen molar-refractivity contribution in [2.75, 3.05) is 26.8 Å². The molecule has 9 nitrogen and oxygen atoms in total. The molecule has 2 aliphatic heterocycles. The van der Waals surface area contributed by atoms with E-state index < -0.39 is 33.6 Å². The van der Waals surface area contributed by atoms with Crippen LogP contribution in [-0.4, -0.2) is 80.0 Å². The number of nitrogens with one attached hydrogen (secondary N) is 1. The lowest BCUT2D eigenvalue weighted by atomic mass is 9.97. The van der Waals surface area contributed by atoms with Crippen molar-refractivity contribution >= 4 is 21.6 Å². The second-order valence-electron chi connectivity index (χ2n) is 10.9. The summed E-state index contributed by atoms with van der Waals surface area (Å²) < 4.78 is 39.9. The average Bonchev–Trinajstić information content (AvgIpc) is 3.45. The Morgan fingerprint density at radius 1 is 1.23 bits per heavy atom. The third-order valence-corrected chi connectivity index (χ3v) is 8.96. The number of aliphatic hydroxyl groups is 1. The summed E-state index contributed by atoms with van der Waals surface area (Å²) in [7, 11) is -2.55. The summed E-state index contributed by atoms with van der Waals surface area (Å²) in [6.07, 6.45) is 4.70. The van der Waals surface area contributed by atoms with E-state index >= 15 is 0 Å². The van der Waals surface area contributed by atoms with Crippen LogP contribution in [0, 0.1) is 0 Å². The van der Waals surface area contributed by atoms with Gasteiger partial charge < -0.3 is 19.9 Å². The minimum atomic E-state index is -4.02. The first kappa shape index (κ1) is 29.9. The zero-order chi connectivity index (χ0) is 28.8. The number of sulfonamides is 1. The number of amides is 1. The number of rotatable bonds is 12. The number of benzene rings is 2. The number of nitrogens with zero attached hydrogens (tertiary/aromatic N) is 2. The zero-order valence-electron chi connectivity index (χ0n) is 23.3. The van der Waals surface area contributed by atoms with Crippen molar-refractivity contribution in [2.24, 2.45) is 4.99 Å². The highest BCUT2D eigenvalue weighted by Gasteiger charge is 2.34. The average molecular weight is 570 g/mol. The minimum absolute atomic E-state index is 0.0598. The summed E-state index contributed by atoms with van der Waals surface area (Å²) in [5.41, 5.74) is 0.772. The van der Waals surface area contributed by atoms with E-state index in [1.165, 1.54) is 23.5 Å². The van der Waals surface area contributed by atoms with Crippen LogP contribution in [0.3, 0.4) is 0 Å². The summed E-state index contributed by atoms with van der Waals surface area (Å²) >= 11 is 0. The first-order valence-corrected chi connectivity index (χ1v) is 15.1. The molecule has 3 unspecified atom stereocenters. The summed E-state index contributed by atoms with van der Waals surface area (Å²) in [6, 6.07) is 15.0. The molecule has 2 aromatic rings. The smallest absolute Gasteiger partial charge is 0.269 e. The Bertz CT molecular complexity index is 1320. The zero-order valence-corrected chi connectivity index (χ0v) is 24.1. The number of ether oxygens (including phenoxy) is 2. The highest BCUT2D eigenvalue weighted by atomic mass is 32.2. The lowest BCUT2D eigenvalue weighted by Crippen LogP contribution is -2.53. The van der Waals surface area contributed by atoms with Gasteiger partial charge in [0.1, 0.15) is 11.5 Å². The van der Waals surface area contributed by atoms with Crippen LogP contribution in [0.5, 0.6) is 5.75 Å². The van der Waals surface area contributed by atoms with Crippen LogP contribution in [0.15, 0.2) is 76.6 Å². The third-order valence-electron chi connectivity index (χ3n) is 7.13. The van der Waals surface area contributed by atoms with E-state index in [0.717, 1.165) is 24.8 Å². The normalized spacial score (nSPS) is 20.1. The molecule has 4 rings (SSSR count). The number of hydrogen-bond acceptors (Lipinski definition) is 7. The van der Waals surface area contributed by atoms with E-state index in [2.05, 4.69) is 10.3 Å². The number of carbonyl (C=O) groups excluding carboxylic acids is 1. The number of hydrogen-bond donors (Lipinski definition) is 2. The predicted molar refractivity (Wildman–Crippen MR) is 154 cm³/mol. The molecule has 2 aliphatic rings. The number of aliphatic imine (C=N–C) groups is 1. The molecule has 0 aliphatic carbocycles.